The highest BCUT2D eigenvalue weighted by Crippen LogP contribution is 2.30. The van der Waals surface area contributed by atoms with E-state index in [2.05, 4.69) is 4.98 Å². The van der Waals surface area contributed by atoms with Crippen molar-refractivity contribution in [3.8, 4) is 11.6 Å². The van der Waals surface area contributed by atoms with E-state index in [-0.39, 0.29) is 22.2 Å². The standard InChI is InChI=1S/C13H9ClFNO3/c1-7-4-8(13(17)18)6-16-12(7)19-11-3-2-9(15)5-10(11)14/h2-6H,1H3,(H,17,18). The lowest BCUT2D eigenvalue weighted by Gasteiger charge is -2.09. The van der Waals surface area contributed by atoms with Gasteiger partial charge in [0.2, 0.25) is 5.88 Å². The van der Waals surface area contributed by atoms with E-state index in [9.17, 15) is 9.18 Å². The number of hydrogen-bond acceptors (Lipinski definition) is 3. The Balaban J connectivity index is 2.31. The highest BCUT2D eigenvalue weighted by Gasteiger charge is 2.10. The normalized spacial score (nSPS) is 10.3. The lowest BCUT2D eigenvalue weighted by Crippen LogP contribution is -2.00. The van der Waals surface area contributed by atoms with Gasteiger partial charge in [0.25, 0.3) is 0 Å². The van der Waals surface area contributed by atoms with Gasteiger partial charge >= 0.3 is 5.97 Å². The van der Waals surface area contributed by atoms with E-state index in [0.29, 0.717) is 5.56 Å². The van der Waals surface area contributed by atoms with Gasteiger partial charge in [-0.15, -0.1) is 0 Å². The van der Waals surface area contributed by atoms with Crippen molar-refractivity contribution in [2.45, 2.75) is 6.92 Å². The quantitative estimate of drug-likeness (QED) is 0.932. The summed E-state index contributed by atoms with van der Waals surface area (Å²) in [6.07, 6.45) is 1.18. The molecule has 0 atom stereocenters. The molecule has 2 rings (SSSR count). The van der Waals surface area contributed by atoms with Crippen molar-refractivity contribution in [3.63, 3.8) is 0 Å². The number of pyridine rings is 1. The predicted octanol–water partition coefficient (Wildman–Crippen LogP) is 3.67. The van der Waals surface area contributed by atoms with Crippen molar-refractivity contribution >= 4 is 17.6 Å². The summed E-state index contributed by atoms with van der Waals surface area (Å²) in [7, 11) is 0. The van der Waals surface area contributed by atoms with Gasteiger partial charge in [0.15, 0.2) is 0 Å². The zero-order valence-electron chi connectivity index (χ0n) is 9.85. The average Bonchev–Trinajstić information content (AvgIpc) is 2.34. The zero-order chi connectivity index (χ0) is 14.0. The molecule has 1 N–H and O–H groups in total. The summed E-state index contributed by atoms with van der Waals surface area (Å²) >= 11 is 5.83. The van der Waals surface area contributed by atoms with Crippen molar-refractivity contribution in [3.05, 3.63) is 52.4 Å². The largest absolute Gasteiger partial charge is 0.478 e. The minimum Gasteiger partial charge on any atom is -0.478 e. The molecule has 0 radical (unpaired) electrons. The minimum absolute atomic E-state index is 0.0649. The van der Waals surface area contributed by atoms with Gasteiger partial charge in [0, 0.05) is 11.8 Å². The minimum atomic E-state index is -1.07. The molecular formula is C13H9ClFNO3. The van der Waals surface area contributed by atoms with Gasteiger partial charge in [-0.2, -0.15) is 0 Å². The molecule has 2 aromatic rings. The monoisotopic (exact) mass is 281 g/mol. The van der Waals surface area contributed by atoms with Gasteiger partial charge in [-0.25, -0.2) is 14.2 Å². The lowest BCUT2D eigenvalue weighted by atomic mass is 10.2. The van der Waals surface area contributed by atoms with E-state index < -0.39 is 11.8 Å². The summed E-state index contributed by atoms with van der Waals surface area (Å²) in [5.41, 5.74) is 0.607. The summed E-state index contributed by atoms with van der Waals surface area (Å²) in [5, 5.41) is 8.94. The lowest BCUT2D eigenvalue weighted by molar-refractivity contribution is 0.0696. The maximum atomic E-state index is 12.9. The molecular weight excluding hydrogens is 273 g/mol. The van der Waals surface area contributed by atoms with E-state index in [4.69, 9.17) is 21.4 Å². The van der Waals surface area contributed by atoms with Crippen LogP contribution >= 0.6 is 11.6 Å². The maximum absolute atomic E-state index is 12.9. The summed E-state index contributed by atoms with van der Waals surface area (Å²) in [5.74, 6) is -1.06. The molecule has 0 amide bonds. The fraction of sp³-hybridized carbons (Fsp3) is 0.0769. The smallest absolute Gasteiger partial charge is 0.337 e. The molecule has 0 saturated carbocycles. The Morgan fingerprint density at radius 2 is 2.16 bits per heavy atom. The Labute approximate surface area is 113 Å². The SMILES string of the molecule is Cc1cc(C(=O)O)cnc1Oc1ccc(F)cc1Cl. The number of carboxylic acids is 1. The highest BCUT2D eigenvalue weighted by atomic mass is 35.5. The number of aromatic carboxylic acids is 1. The van der Waals surface area contributed by atoms with Crippen LogP contribution in [0.3, 0.4) is 0 Å². The van der Waals surface area contributed by atoms with E-state index in [1.807, 2.05) is 0 Å². The van der Waals surface area contributed by atoms with Crippen LogP contribution in [0.25, 0.3) is 0 Å². The van der Waals surface area contributed by atoms with E-state index in [1.54, 1.807) is 6.92 Å². The van der Waals surface area contributed by atoms with Crippen molar-refractivity contribution < 1.29 is 19.0 Å². The summed E-state index contributed by atoms with van der Waals surface area (Å²) < 4.78 is 18.3. The molecule has 0 fully saturated rings. The molecule has 6 heteroatoms. The number of nitrogens with zero attached hydrogens (tertiary/aromatic N) is 1. The van der Waals surface area contributed by atoms with E-state index >= 15 is 0 Å². The number of aryl methyl sites for hydroxylation is 1. The number of rotatable bonds is 3. The second-order valence-corrected chi connectivity index (χ2v) is 4.24. The summed E-state index contributed by atoms with van der Waals surface area (Å²) in [6, 6.07) is 5.14. The molecule has 1 heterocycles. The van der Waals surface area contributed by atoms with Crippen LogP contribution in [-0.4, -0.2) is 16.1 Å². The molecule has 0 saturated heterocycles. The van der Waals surface area contributed by atoms with E-state index in [1.165, 1.54) is 24.4 Å². The number of aromatic nitrogens is 1. The Hall–Kier alpha value is -2.14. The zero-order valence-corrected chi connectivity index (χ0v) is 10.6. The van der Waals surface area contributed by atoms with Crippen LogP contribution in [-0.2, 0) is 0 Å². The summed E-state index contributed by atoms with van der Waals surface area (Å²) in [4.78, 5) is 14.7. The topological polar surface area (TPSA) is 59.4 Å². The van der Waals surface area contributed by atoms with Crippen molar-refractivity contribution in [1.82, 2.24) is 4.98 Å². The van der Waals surface area contributed by atoms with Crippen LogP contribution < -0.4 is 4.74 Å². The molecule has 1 aromatic carbocycles. The molecule has 0 bridgehead atoms. The van der Waals surface area contributed by atoms with Gasteiger partial charge in [-0.1, -0.05) is 11.6 Å². The maximum Gasteiger partial charge on any atom is 0.337 e. The van der Waals surface area contributed by atoms with Gasteiger partial charge in [-0.05, 0) is 31.2 Å². The van der Waals surface area contributed by atoms with Crippen LogP contribution in [0.2, 0.25) is 5.02 Å². The number of carboxylic acid groups (broad SMARTS) is 1. The number of benzene rings is 1. The molecule has 1 aromatic heterocycles. The second kappa shape index (κ2) is 5.24. The highest BCUT2D eigenvalue weighted by molar-refractivity contribution is 6.32. The third-order valence-electron chi connectivity index (χ3n) is 2.38. The Morgan fingerprint density at radius 3 is 2.74 bits per heavy atom. The molecule has 4 nitrogen and oxygen atoms in total. The Morgan fingerprint density at radius 1 is 1.42 bits per heavy atom. The molecule has 0 aliphatic rings. The van der Waals surface area contributed by atoms with Crippen LogP contribution in [0.5, 0.6) is 11.6 Å². The van der Waals surface area contributed by atoms with Crippen LogP contribution in [0.1, 0.15) is 15.9 Å². The third kappa shape index (κ3) is 3.00. The summed E-state index contributed by atoms with van der Waals surface area (Å²) in [6.45, 7) is 1.66. The van der Waals surface area contributed by atoms with Gasteiger partial charge in [-0.3, -0.25) is 0 Å². The first-order valence-corrected chi connectivity index (χ1v) is 5.68. The average molecular weight is 282 g/mol. The van der Waals surface area contributed by atoms with Crippen molar-refractivity contribution in [1.29, 1.82) is 0 Å². The number of halogens is 2. The van der Waals surface area contributed by atoms with E-state index in [0.717, 1.165) is 6.07 Å². The molecule has 0 aliphatic carbocycles. The fourth-order valence-electron chi connectivity index (χ4n) is 1.45. The molecule has 19 heavy (non-hydrogen) atoms. The van der Waals surface area contributed by atoms with Gasteiger partial charge < -0.3 is 9.84 Å². The number of carbonyl (C=O) groups is 1. The molecule has 0 spiro atoms. The number of hydrogen-bond donors (Lipinski definition) is 1. The fourth-order valence-corrected chi connectivity index (χ4v) is 1.65. The number of ether oxygens (including phenoxy) is 1. The van der Waals surface area contributed by atoms with Crippen molar-refractivity contribution in [2.24, 2.45) is 0 Å². The van der Waals surface area contributed by atoms with Gasteiger partial charge in [0.05, 0.1) is 10.6 Å². The third-order valence-corrected chi connectivity index (χ3v) is 2.67. The Bertz CT molecular complexity index is 646. The van der Waals surface area contributed by atoms with Gasteiger partial charge in [0.1, 0.15) is 11.6 Å². The first-order chi connectivity index (χ1) is 8.97. The van der Waals surface area contributed by atoms with Crippen molar-refractivity contribution in [2.75, 3.05) is 0 Å². The second-order valence-electron chi connectivity index (χ2n) is 3.83. The first-order valence-electron chi connectivity index (χ1n) is 5.30. The molecule has 0 aliphatic heterocycles. The van der Waals surface area contributed by atoms with Crippen LogP contribution in [0.4, 0.5) is 4.39 Å². The predicted molar refractivity (Wildman–Crippen MR) is 67.4 cm³/mol. The van der Waals surface area contributed by atoms with Crippen LogP contribution in [0, 0.1) is 12.7 Å². The molecule has 0 unspecified atom stereocenters. The molecule has 98 valence electrons. The first kappa shape index (κ1) is 13.3. The Kier molecular flexibility index (Phi) is 3.66. The van der Waals surface area contributed by atoms with Crippen LogP contribution in [0.15, 0.2) is 30.5 Å².